The van der Waals surface area contributed by atoms with Gasteiger partial charge in [0.2, 0.25) is 15.9 Å². The summed E-state index contributed by atoms with van der Waals surface area (Å²) < 4.78 is 26.2. The lowest BCUT2D eigenvalue weighted by Crippen LogP contribution is -2.37. The van der Waals surface area contributed by atoms with Crippen molar-refractivity contribution in [1.82, 2.24) is 4.31 Å². The number of hydrogen-bond acceptors (Lipinski definition) is 5. The summed E-state index contributed by atoms with van der Waals surface area (Å²) in [5.41, 5.74) is 3.23. The monoisotopic (exact) mass is 417 g/mol. The Morgan fingerprint density at radius 2 is 1.90 bits per heavy atom. The van der Waals surface area contributed by atoms with Crippen LogP contribution in [0.2, 0.25) is 0 Å². The molecule has 2 aromatic rings. The van der Waals surface area contributed by atoms with Gasteiger partial charge < -0.3 is 5.32 Å². The van der Waals surface area contributed by atoms with Crippen LogP contribution in [0.4, 0.5) is 11.4 Å². The van der Waals surface area contributed by atoms with Crippen molar-refractivity contribution in [3.8, 4) is 0 Å². The fourth-order valence-electron chi connectivity index (χ4n) is 3.36. The Balaban J connectivity index is 1.67. The van der Waals surface area contributed by atoms with Crippen LogP contribution < -0.4 is 5.32 Å². The van der Waals surface area contributed by atoms with E-state index in [9.17, 15) is 23.3 Å². The van der Waals surface area contributed by atoms with E-state index in [1.807, 2.05) is 25.1 Å². The molecule has 1 aliphatic heterocycles. The summed E-state index contributed by atoms with van der Waals surface area (Å²) in [7, 11) is -3.26. The molecule has 1 N–H and O–H groups in total. The molecule has 9 heteroatoms. The maximum Gasteiger partial charge on any atom is 0.269 e. The average Bonchev–Trinajstić information content (AvgIpc) is 2.67. The van der Waals surface area contributed by atoms with Crippen LogP contribution in [-0.2, 0) is 34.2 Å². The minimum Gasteiger partial charge on any atom is -0.326 e. The second-order valence-electron chi connectivity index (χ2n) is 7.03. The van der Waals surface area contributed by atoms with E-state index in [0.717, 1.165) is 11.1 Å². The van der Waals surface area contributed by atoms with Crippen molar-refractivity contribution < 1.29 is 18.1 Å². The Hall–Kier alpha value is -2.78. The lowest BCUT2D eigenvalue weighted by Gasteiger charge is -2.28. The smallest absolute Gasteiger partial charge is 0.269 e. The minimum atomic E-state index is -3.26. The minimum absolute atomic E-state index is 0.0218. The van der Waals surface area contributed by atoms with Crippen LogP contribution >= 0.6 is 0 Å². The normalized spacial score (nSPS) is 14.2. The Kier molecular flexibility index (Phi) is 6.29. The molecule has 0 fully saturated rings. The van der Waals surface area contributed by atoms with Crippen molar-refractivity contribution in [2.75, 3.05) is 17.6 Å². The average molecular weight is 417 g/mol. The third kappa shape index (κ3) is 5.18. The van der Waals surface area contributed by atoms with Crippen LogP contribution in [0.3, 0.4) is 0 Å². The highest BCUT2D eigenvalue weighted by Gasteiger charge is 2.26. The third-order valence-corrected chi connectivity index (χ3v) is 6.86. The quantitative estimate of drug-likeness (QED) is 0.550. The van der Waals surface area contributed by atoms with Crippen LogP contribution in [0.1, 0.15) is 30.0 Å². The zero-order valence-electron chi connectivity index (χ0n) is 16.1. The number of benzene rings is 2. The van der Waals surface area contributed by atoms with Crippen molar-refractivity contribution in [1.29, 1.82) is 0 Å². The molecule has 0 saturated heterocycles. The van der Waals surface area contributed by atoms with Crippen molar-refractivity contribution in [3.05, 3.63) is 69.3 Å². The molecule has 2 aromatic carbocycles. The SMILES string of the molecule is CCCS(=O)(=O)N1CCc2ccc(NC(=O)Cc3ccc([N+](=O)[O-])cc3)cc2C1. The fraction of sp³-hybridized carbons (Fsp3) is 0.350. The number of nitro benzene ring substituents is 1. The molecule has 1 heterocycles. The molecule has 29 heavy (non-hydrogen) atoms. The van der Waals surface area contributed by atoms with Crippen LogP contribution in [0.15, 0.2) is 42.5 Å². The first-order valence-electron chi connectivity index (χ1n) is 9.41. The highest BCUT2D eigenvalue weighted by molar-refractivity contribution is 7.89. The molecule has 0 spiro atoms. The van der Waals surface area contributed by atoms with E-state index in [1.165, 1.54) is 16.4 Å². The zero-order chi connectivity index (χ0) is 21.0. The van der Waals surface area contributed by atoms with E-state index < -0.39 is 14.9 Å². The van der Waals surface area contributed by atoms with Gasteiger partial charge in [0.25, 0.3) is 5.69 Å². The number of hydrogen-bond donors (Lipinski definition) is 1. The lowest BCUT2D eigenvalue weighted by molar-refractivity contribution is -0.384. The van der Waals surface area contributed by atoms with E-state index in [4.69, 9.17) is 0 Å². The molecule has 154 valence electrons. The topological polar surface area (TPSA) is 110 Å². The predicted octanol–water partition coefficient (Wildman–Crippen LogP) is 2.87. The Morgan fingerprint density at radius 3 is 2.55 bits per heavy atom. The maximum absolute atomic E-state index is 12.3. The number of carbonyl (C=O) groups is 1. The number of non-ortho nitro benzene ring substituents is 1. The number of fused-ring (bicyclic) bond motifs is 1. The van der Waals surface area contributed by atoms with Gasteiger partial charge in [0.15, 0.2) is 0 Å². The van der Waals surface area contributed by atoms with Crippen LogP contribution in [0.5, 0.6) is 0 Å². The van der Waals surface area contributed by atoms with E-state index >= 15 is 0 Å². The van der Waals surface area contributed by atoms with Crippen LogP contribution in [-0.4, -0.2) is 35.9 Å². The zero-order valence-corrected chi connectivity index (χ0v) is 16.9. The van der Waals surface area contributed by atoms with Gasteiger partial charge in [-0.15, -0.1) is 0 Å². The molecule has 0 radical (unpaired) electrons. The lowest BCUT2D eigenvalue weighted by atomic mass is 10.0. The summed E-state index contributed by atoms with van der Waals surface area (Å²) in [6.45, 7) is 2.62. The molecule has 1 aliphatic rings. The van der Waals surface area contributed by atoms with Gasteiger partial charge in [0.05, 0.1) is 17.1 Å². The van der Waals surface area contributed by atoms with Gasteiger partial charge in [0.1, 0.15) is 0 Å². The number of nitro groups is 1. The van der Waals surface area contributed by atoms with Gasteiger partial charge in [-0.25, -0.2) is 8.42 Å². The summed E-state index contributed by atoms with van der Waals surface area (Å²) in [5.74, 6) is -0.112. The molecule has 0 aliphatic carbocycles. The second kappa shape index (κ2) is 8.71. The van der Waals surface area contributed by atoms with Gasteiger partial charge in [-0.1, -0.05) is 25.1 Å². The summed E-state index contributed by atoms with van der Waals surface area (Å²) in [5, 5.41) is 13.5. The molecule has 0 aromatic heterocycles. The highest BCUT2D eigenvalue weighted by atomic mass is 32.2. The molecule has 0 saturated carbocycles. The largest absolute Gasteiger partial charge is 0.326 e. The molecule has 3 rings (SSSR count). The number of rotatable bonds is 7. The van der Waals surface area contributed by atoms with Gasteiger partial charge in [0, 0.05) is 30.9 Å². The van der Waals surface area contributed by atoms with E-state index in [-0.39, 0.29) is 23.8 Å². The van der Waals surface area contributed by atoms with E-state index in [1.54, 1.807) is 12.1 Å². The van der Waals surface area contributed by atoms with Crippen molar-refractivity contribution in [2.45, 2.75) is 32.7 Å². The van der Waals surface area contributed by atoms with Crippen LogP contribution in [0.25, 0.3) is 0 Å². The predicted molar refractivity (Wildman–Crippen MR) is 110 cm³/mol. The number of anilines is 1. The Labute approximate surface area is 169 Å². The molecule has 8 nitrogen and oxygen atoms in total. The number of amides is 1. The highest BCUT2D eigenvalue weighted by Crippen LogP contribution is 2.25. The molecule has 0 bridgehead atoms. The molecule has 0 unspecified atom stereocenters. The van der Waals surface area contributed by atoms with Gasteiger partial charge in [-0.3, -0.25) is 14.9 Å². The van der Waals surface area contributed by atoms with Crippen molar-refractivity contribution >= 4 is 27.3 Å². The fourth-order valence-corrected chi connectivity index (χ4v) is 4.84. The van der Waals surface area contributed by atoms with Crippen molar-refractivity contribution in [2.24, 2.45) is 0 Å². The first-order chi connectivity index (χ1) is 13.8. The first kappa shape index (κ1) is 20.9. The Morgan fingerprint density at radius 1 is 1.17 bits per heavy atom. The van der Waals surface area contributed by atoms with Crippen LogP contribution in [0, 0.1) is 10.1 Å². The van der Waals surface area contributed by atoms with Crippen molar-refractivity contribution in [3.63, 3.8) is 0 Å². The second-order valence-corrected chi connectivity index (χ2v) is 9.12. The molecular weight excluding hydrogens is 394 g/mol. The summed E-state index contributed by atoms with van der Waals surface area (Å²) in [6, 6.07) is 11.4. The number of sulfonamides is 1. The number of nitrogens with one attached hydrogen (secondary N) is 1. The maximum atomic E-state index is 12.3. The Bertz CT molecular complexity index is 1020. The summed E-state index contributed by atoms with van der Waals surface area (Å²) in [6.07, 6.45) is 1.31. The molecule has 0 atom stereocenters. The summed E-state index contributed by atoms with van der Waals surface area (Å²) in [4.78, 5) is 22.5. The van der Waals surface area contributed by atoms with E-state index in [0.29, 0.717) is 37.2 Å². The molecular formula is C20H23N3O5S. The van der Waals surface area contributed by atoms with Gasteiger partial charge >= 0.3 is 0 Å². The number of carbonyl (C=O) groups excluding carboxylic acids is 1. The van der Waals surface area contributed by atoms with Gasteiger partial charge in [-0.2, -0.15) is 4.31 Å². The third-order valence-electron chi connectivity index (χ3n) is 4.83. The van der Waals surface area contributed by atoms with Gasteiger partial charge in [-0.05, 0) is 41.7 Å². The number of nitrogens with zero attached hydrogens (tertiary/aromatic N) is 2. The van der Waals surface area contributed by atoms with E-state index in [2.05, 4.69) is 5.32 Å². The summed E-state index contributed by atoms with van der Waals surface area (Å²) >= 11 is 0. The molecule has 1 amide bonds. The standard InChI is InChI=1S/C20H23N3O5S/c1-2-11-29(27,28)22-10-9-16-5-6-18(13-17(16)14-22)21-20(24)12-15-3-7-19(8-4-15)23(25)26/h3-8,13H,2,9-12,14H2,1H3,(H,21,24). The first-order valence-corrected chi connectivity index (χ1v) is 11.0.